The molecule has 0 saturated heterocycles. The van der Waals surface area contributed by atoms with E-state index in [9.17, 15) is 4.79 Å². The molecule has 1 aliphatic carbocycles. The van der Waals surface area contributed by atoms with Crippen LogP contribution in [0.3, 0.4) is 0 Å². The number of hydrogen-bond acceptors (Lipinski definition) is 4. The van der Waals surface area contributed by atoms with Crippen LogP contribution in [-0.2, 0) is 0 Å². The van der Waals surface area contributed by atoms with Crippen LogP contribution in [0, 0.1) is 11.8 Å². The number of primary amides is 1. The summed E-state index contributed by atoms with van der Waals surface area (Å²) in [6.07, 6.45) is 5.23. The maximum atomic E-state index is 10.9. The molecule has 1 amide bonds. The molecule has 2 atom stereocenters. The summed E-state index contributed by atoms with van der Waals surface area (Å²) in [6.45, 7) is 1.66. The monoisotopic (exact) mass is 248 g/mol. The molecule has 1 fully saturated rings. The average molecular weight is 248 g/mol. The zero-order valence-electron chi connectivity index (χ0n) is 10.4. The van der Waals surface area contributed by atoms with E-state index >= 15 is 0 Å². The van der Waals surface area contributed by atoms with Crippen molar-refractivity contribution >= 4 is 11.7 Å². The van der Waals surface area contributed by atoms with Crippen molar-refractivity contribution in [2.75, 3.05) is 18.4 Å². The highest BCUT2D eigenvalue weighted by Crippen LogP contribution is 2.30. The summed E-state index contributed by atoms with van der Waals surface area (Å²) in [7, 11) is 0. The van der Waals surface area contributed by atoms with Crippen molar-refractivity contribution in [1.29, 1.82) is 0 Å². The summed E-state index contributed by atoms with van der Waals surface area (Å²) < 4.78 is 0. The number of hydrogen-bond donors (Lipinski definition) is 3. The van der Waals surface area contributed by atoms with Crippen molar-refractivity contribution in [2.45, 2.75) is 19.3 Å². The summed E-state index contributed by atoms with van der Waals surface area (Å²) in [4.78, 5) is 15.1. The Morgan fingerprint density at radius 1 is 1.39 bits per heavy atom. The minimum Gasteiger partial charge on any atom is -0.370 e. The van der Waals surface area contributed by atoms with Gasteiger partial charge in [0.15, 0.2) is 0 Å². The van der Waals surface area contributed by atoms with Crippen molar-refractivity contribution in [3.05, 3.63) is 23.9 Å². The average Bonchev–Trinajstić information content (AvgIpc) is 2.84. The van der Waals surface area contributed by atoms with Crippen LogP contribution in [0.5, 0.6) is 0 Å². The lowest BCUT2D eigenvalue weighted by Gasteiger charge is -2.18. The van der Waals surface area contributed by atoms with Crippen molar-refractivity contribution < 1.29 is 4.79 Å². The van der Waals surface area contributed by atoms with E-state index in [1.165, 1.54) is 25.5 Å². The lowest BCUT2D eigenvalue weighted by molar-refractivity contribution is 0.1000. The number of nitrogens with zero attached hydrogens (tertiary/aromatic N) is 1. The predicted octanol–water partition coefficient (Wildman–Crippen LogP) is 0.967. The topological polar surface area (TPSA) is 94.0 Å². The number of anilines is 1. The Morgan fingerprint density at radius 2 is 2.17 bits per heavy atom. The molecular formula is C13H20N4O. The molecule has 0 aromatic carbocycles. The van der Waals surface area contributed by atoms with Gasteiger partial charge in [-0.05, 0) is 43.4 Å². The van der Waals surface area contributed by atoms with E-state index in [1.807, 2.05) is 0 Å². The van der Waals surface area contributed by atoms with Gasteiger partial charge in [-0.3, -0.25) is 4.79 Å². The number of carbonyl (C=O) groups is 1. The SMILES string of the molecule is NCC1CCCC1CNc1ccc(C(N)=O)cn1. The summed E-state index contributed by atoms with van der Waals surface area (Å²) >= 11 is 0. The standard InChI is InChI=1S/C13H20N4O/c14-6-9-2-1-3-10(9)7-16-12-5-4-11(8-17-12)13(15)18/h4-5,8-10H,1-3,6-7,14H2,(H2,15,18)(H,16,17). The van der Waals surface area contributed by atoms with Gasteiger partial charge in [0.1, 0.15) is 5.82 Å². The lowest BCUT2D eigenvalue weighted by atomic mass is 9.96. The molecule has 0 aliphatic heterocycles. The third kappa shape index (κ3) is 2.98. The Kier molecular flexibility index (Phi) is 4.15. The van der Waals surface area contributed by atoms with E-state index in [0.29, 0.717) is 17.4 Å². The van der Waals surface area contributed by atoms with Crippen LogP contribution < -0.4 is 16.8 Å². The largest absolute Gasteiger partial charge is 0.370 e. The molecule has 5 nitrogen and oxygen atoms in total. The first kappa shape index (κ1) is 12.8. The Bertz CT molecular complexity index is 404. The number of amides is 1. The second-order valence-electron chi connectivity index (χ2n) is 4.86. The van der Waals surface area contributed by atoms with Gasteiger partial charge in [-0.25, -0.2) is 4.98 Å². The normalized spacial score (nSPS) is 22.9. The number of nitrogens with two attached hydrogens (primary N) is 2. The van der Waals surface area contributed by atoms with Crippen molar-refractivity contribution in [1.82, 2.24) is 4.98 Å². The summed E-state index contributed by atoms with van der Waals surface area (Å²) in [5, 5.41) is 3.30. The van der Waals surface area contributed by atoms with Gasteiger partial charge < -0.3 is 16.8 Å². The van der Waals surface area contributed by atoms with Gasteiger partial charge in [0.2, 0.25) is 5.91 Å². The minimum absolute atomic E-state index is 0.432. The molecule has 2 unspecified atom stereocenters. The van der Waals surface area contributed by atoms with Crippen LogP contribution in [-0.4, -0.2) is 24.0 Å². The zero-order chi connectivity index (χ0) is 13.0. The molecule has 1 aromatic rings. The molecule has 1 aromatic heterocycles. The van der Waals surface area contributed by atoms with E-state index < -0.39 is 5.91 Å². The molecule has 0 spiro atoms. The number of pyridine rings is 1. The number of rotatable bonds is 5. The first-order valence-electron chi connectivity index (χ1n) is 6.40. The maximum absolute atomic E-state index is 10.9. The van der Waals surface area contributed by atoms with Crippen LogP contribution in [0.2, 0.25) is 0 Å². The number of carbonyl (C=O) groups excluding carboxylic acids is 1. The second kappa shape index (κ2) is 5.82. The van der Waals surface area contributed by atoms with Gasteiger partial charge in [0, 0.05) is 12.7 Å². The first-order valence-corrected chi connectivity index (χ1v) is 6.40. The molecule has 0 radical (unpaired) electrons. The predicted molar refractivity (Wildman–Crippen MR) is 71.1 cm³/mol. The second-order valence-corrected chi connectivity index (χ2v) is 4.86. The van der Waals surface area contributed by atoms with Crippen LogP contribution in [0.15, 0.2) is 18.3 Å². The summed E-state index contributed by atoms with van der Waals surface area (Å²) in [6, 6.07) is 3.47. The lowest BCUT2D eigenvalue weighted by Crippen LogP contribution is -2.24. The third-order valence-corrected chi connectivity index (χ3v) is 3.71. The van der Waals surface area contributed by atoms with Gasteiger partial charge in [-0.1, -0.05) is 6.42 Å². The van der Waals surface area contributed by atoms with Gasteiger partial charge in [0.05, 0.1) is 5.56 Å². The number of aromatic nitrogens is 1. The van der Waals surface area contributed by atoms with E-state index in [0.717, 1.165) is 18.9 Å². The molecule has 5 N–H and O–H groups in total. The van der Waals surface area contributed by atoms with Crippen LogP contribution >= 0.6 is 0 Å². The Morgan fingerprint density at radius 3 is 2.78 bits per heavy atom. The van der Waals surface area contributed by atoms with Crippen molar-refractivity contribution in [2.24, 2.45) is 23.3 Å². The Labute approximate surface area is 107 Å². The quantitative estimate of drug-likeness (QED) is 0.723. The first-order chi connectivity index (χ1) is 8.70. The van der Waals surface area contributed by atoms with Gasteiger partial charge in [0.25, 0.3) is 0 Å². The molecule has 1 saturated carbocycles. The molecule has 5 heteroatoms. The van der Waals surface area contributed by atoms with Crippen LogP contribution in [0.1, 0.15) is 29.6 Å². The van der Waals surface area contributed by atoms with Gasteiger partial charge in [-0.2, -0.15) is 0 Å². The minimum atomic E-state index is -0.451. The fourth-order valence-corrected chi connectivity index (χ4v) is 2.57. The molecule has 1 aliphatic rings. The van der Waals surface area contributed by atoms with Crippen molar-refractivity contribution in [3.63, 3.8) is 0 Å². The highest BCUT2D eigenvalue weighted by molar-refractivity contribution is 5.92. The highest BCUT2D eigenvalue weighted by Gasteiger charge is 2.25. The molecule has 0 bridgehead atoms. The van der Waals surface area contributed by atoms with Gasteiger partial charge in [-0.15, -0.1) is 0 Å². The van der Waals surface area contributed by atoms with E-state index in [1.54, 1.807) is 12.1 Å². The Balaban J connectivity index is 1.88. The highest BCUT2D eigenvalue weighted by atomic mass is 16.1. The zero-order valence-corrected chi connectivity index (χ0v) is 10.4. The molecule has 1 heterocycles. The van der Waals surface area contributed by atoms with E-state index in [2.05, 4.69) is 10.3 Å². The van der Waals surface area contributed by atoms with E-state index in [4.69, 9.17) is 11.5 Å². The van der Waals surface area contributed by atoms with Crippen LogP contribution in [0.25, 0.3) is 0 Å². The number of nitrogens with one attached hydrogen (secondary N) is 1. The molecule has 2 rings (SSSR count). The molecule has 98 valence electrons. The summed E-state index contributed by atoms with van der Waals surface area (Å²) in [5.74, 6) is 1.59. The van der Waals surface area contributed by atoms with E-state index in [-0.39, 0.29) is 0 Å². The Hall–Kier alpha value is -1.62. The third-order valence-electron chi connectivity index (χ3n) is 3.71. The van der Waals surface area contributed by atoms with Crippen LogP contribution in [0.4, 0.5) is 5.82 Å². The summed E-state index contributed by atoms with van der Waals surface area (Å²) in [5.41, 5.74) is 11.3. The van der Waals surface area contributed by atoms with Gasteiger partial charge >= 0.3 is 0 Å². The molecule has 18 heavy (non-hydrogen) atoms. The fraction of sp³-hybridized carbons (Fsp3) is 0.538. The van der Waals surface area contributed by atoms with Crippen molar-refractivity contribution in [3.8, 4) is 0 Å². The molecular weight excluding hydrogens is 228 g/mol. The smallest absolute Gasteiger partial charge is 0.250 e. The maximum Gasteiger partial charge on any atom is 0.250 e. The fourth-order valence-electron chi connectivity index (χ4n) is 2.57.